The molecule has 1 aromatic heterocycles. The van der Waals surface area contributed by atoms with Gasteiger partial charge in [-0.25, -0.2) is 4.79 Å². The van der Waals surface area contributed by atoms with Gasteiger partial charge < -0.3 is 14.2 Å². The SMILES string of the molecule is CC1Cc2ccccc2N1Cc1ccoc1C(=O)ON1C(=O)c2ccccc2C1=O. The third-order valence-electron chi connectivity index (χ3n) is 5.55. The normalized spacial score (nSPS) is 17.3. The molecule has 3 aromatic rings. The smallest absolute Gasteiger partial charge is 0.399 e. The van der Waals surface area contributed by atoms with Crippen LogP contribution in [0.4, 0.5) is 5.69 Å². The summed E-state index contributed by atoms with van der Waals surface area (Å²) < 4.78 is 5.37. The highest BCUT2D eigenvalue weighted by molar-refractivity contribution is 6.21. The van der Waals surface area contributed by atoms with Crippen LogP contribution in [-0.2, 0) is 17.8 Å². The Morgan fingerprint density at radius 2 is 1.70 bits per heavy atom. The fourth-order valence-corrected chi connectivity index (χ4v) is 4.07. The molecule has 1 atom stereocenters. The summed E-state index contributed by atoms with van der Waals surface area (Å²) >= 11 is 0. The van der Waals surface area contributed by atoms with Crippen LogP contribution in [0.1, 0.15) is 49.3 Å². The molecule has 0 aliphatic carbocycles. The van der Waals surface area contributed by atoms with Crippen molar-refractivity contribution in [1.82, 2.24) is 5.06 Å². The number of para-hydroxylation sites is 1. The maximum atomic E-state index is 12.7. The van der Waals surface area contributed by atoms with Gasteiger partial charge in [0.15, 0.2) is 0 Å². The minimum Gasteiger partial charge on any atom is -0.457 e. The van der Waals surface area contributed by atoms with E-state index < -0.39 is 17.8 Å². The van der Waals surface area contributed by atoms with E-state index in [0.717, 1.165) is 12.1 Å². The highest BCUT2D eigenvalue weighted by atomic mass is 16.7. The Balaban J connectivity index is 1.36. The van der Waals surface area contributed by atoms with Crippen molar-refractivity contribution in [1.29, 1.82) is 0 Å². The van der Waals surface area contributed by atoms with Crippen LogP contribution >= 0.6 is 0 Å². The summed E-state index contributed by atoms with van der Waals surface area (Å²) in [6.45, 7) is 2.57. The van der Waals surface area contributed by atoms with Crippen molar-refractivity contribution in [3.8, 4) is 0 Å². The molecular formula is C23H18N2O5. The number of furan rings is 1. The molecule has 0 saturated carbocycles. The van der Waals surface area contributed by atoms with E-state index in [1.165, 1.54) is 24.0 Å². The first-order chi connectivity index (χ1) is 14.5. The highest BCUT2D eigenvalue weighted by Crippen LogP contribution is 2.34. The quantitative estimate of drug-likeness (QED) is 0.621. The molecule has 2 aliphatic heterocycles. The Kier molecular flexibility index (Phi) is 4.17. The number of nitrogens with zero attached hydrogens (tertiary/aromatic N) is 2. The van der Waals surface area contributed by atoms with Gasteiger partial charge >= 0.3 is 5.97 Å². The van der Waals surface area contributed by atoms with Crippen molar-refractivity contribution < 1.29 is 23.6 Å². The molecular weight excluding hydrogens is 384 g/mol. The van der Waals surface area contributed by atoms with Gasteiger partial charge in [-0.2, -0.15) is 0 Å². The molecule has 0 bridgehead atoms. The molecule has 3 heterocycles. The molecule has 0 N–H and O–H groups in total. The van der Waals surface area contributed by atoms with Gasteiger partial charge in [-0.1, -0.05) is 35.4 Å². The van der Waals surface area contributed by atoms with E-state index in [4.69, 9.17) is 9.25 Å². The van der Waals surface area contributed by atoms with E-state index in [9.17, 15) is 14.4 Å². The number of benzene rings is 2. The minimum atomic E-state index is -0.885. The number of rotatable bonds is 4. The molecule has 7 nitrogen and oxygen atoms in total. The van der Waals surface area contributed by atoms with Crippen LogP contribution in [0.25, 0.3) is 0 Å². The fraction of sp³-hybridized carbons (Fsp3) is 0.174. The van der Waals surface area contributed by atoms with Gasteiger partial charge in [0.25, 0.3) is 11.8 Å². The number of imide groups is 1. The van der Waals surface area contributed by atoms with Crippen LogP contribution in [0, 0.1) is 0 Å². The van der Waals surface area contributed by atoms with Crippen LogP contribution in [0.3, 0.4) is 0 Å². The van der Waals surface area contributed by atoms with E-state index in [1.807, 2.05) is 12.1 Å². The van der Waals surface area contributed by atoms with E-state index >= 15 is 0 Å². The number of hydrogen-bond acceptors (Lipinski definition) is 6. The molecule has 0 fully saturated rings. The van der Waals surface area contributed by atoms with Crippen molar-refractivity contribution in [3.63, 3.8) is 0 Å². The van der Waals surface area contributed by atoms with Crippen LogP contribution in [0.2, 0.25) is 0 Å². The first kappa shape index (κ1) is 18.2. The molecule has 2 aromatic carbocycles. The molecule has 2 amide bonds. The number of hydrogen-bond donors (Lipinski definition) is 0. The second-order valence-electron chi connectivity index (χ2n) is 7.41. The number of hydroxylamine groups is 2. The zero-order chi connectivity index (χ0) is 20.8. The molecule has 150 valence electrons. The Labute approximate surface area is 172 Å². The molecule has 7 heteroatoms. The third kappa shape index (κ3) is 2.78. The van der Waals surface area contributed by atoms with Gasteiger partial charge in [-0.05, 0) is 43.2 Å². The van der Waals surface area contributed by atoms with Gasteiger partial charge in [0, 0.05) is 23.8 Å². The lowest BCUT2D eigenvalue weighted by atomic mass is 10.1. The molecule has 5 rings (SSSR count). The van der Waals surface area contributed by atoms with Gasteiger partial charge in [0.1, 0.15) is 0 Å². The van der Waals surface area contributed by atoms with Gasteiger partial charge in [-0.15, -0.1) is 0 Å². The monoisotopic (exact) mass is 402 g/mol. The summed E-state index contributed by atoms with van der Waals surface area (Å²) in [7, 11) is 0. The average molecular weight is 402 g/mol. The lowest BCUT2D eigenvalue weighted by Crippen LogP contribution is -2.33. The molecule has 0 radical (unpaired) electrons. The first-order valence-electron chi connectivity index (χ1n) is 9.65. The van der Waals surface area contributed by atoms with Gasteiger partial charge in [0.05, 0.1) is 17.4 Å². The van der Waals surface area contributed by atoms with E-state index in [0.29, 0.717) is 17.2 Å². The highest BCUT2D eigenvalue weighted by Gasteiger charge is 2.39. The Bertz CT molecular complexity index is 1150. The second-order valence-corrected chi connectivity index (χ2v) is 7.41. The third-order valence-corrected chi connectivity index (χ3v) is 5.55. The lowest BCUT2D eigenvalue weighted by Gasteiger charge is -2.24. The summed E-state index contributed by atoms with van der Waals surface area (Å²) in [6, 6.07) is 16.4. The molecule has 0 saturated heterocycles. The Morgan fingerprint density at radius 3 is 2.43 bits per heavy atom. The average Bonchev–Trinajstić information content (AvgIpc) is 3.41. The van der Waals surface area contributed by atoms with Crippen LogP contribution in [-0.4, -0.2) is 28.9 Å². The zero-order valence-corrected chi connectivity index (χ0v) is 16.2. The summed E-state index contributed by atoms with van der Waals surface area (Å²) in [4.78, 5) is 45.0. The predicted octanol–water partition coefficient (Wildman–Crippen LogP) is 3.60. The number of carbonyl (C=O) groups is 3. The van der Waals surface area contributed by atoms with Gasteiger partial charge in [0.2, 0.25) is 5.76 Å². The van der Waals surface area contributed by atoms with Crippen molar-refractivity contribution >= 4 is 23.5 Å². The summed E-state index contributed by atoms with van der Waals surface area (Å²) in [5.74, 6) is -2.24. The summed E-state index contributed by atoms with van der Waals surface area (Å²) in [5, 5.41) is 0.493. The largest absolute Gasteiger partial charge is 0.457 e. The molecule has 30 heavy (non-hydrogen) atoms. The first-order valence-corrected chi connectivity index (χ1v) is 9.65. The fourth-order valence-electron chi connectivity index (χ4n) is 4.07. The molecule has 1 unspecified atom stereocenters. The number of anilines is 1. The Hall–Kier alpha value is -3.87. The maximum absolute atomic E-state index is 12.7. The lowest BCUT2D eigenvalue weighted by molar-refractivity contribution is -0.0604. The maximum Gasteiger partial charge on any atom is 0.399 e. The van der Waals surface area contributed by atoms with Crippen LogP contribution in [0.15, 0.2) is 65.3 Å². The molecule has 0 spiro atoms. The second kappa shape index (κ2) is 6.88. The van der Waals surface area contributed by atoms with Crippen molar-refractivity contribution in [2.75, 3.05) is 4.90 Å². The standard InChI is InChI=1S/C23H18N2O5/c1-14-12-15-6-2-5-9-19(15)24(14)13-16-10-11-29-20(16)23(28)30-25-21(26)17-7-3-4-8-18(17)22(25)27/h2-11,14H,12-13H2,1H3. The van der Waals surface area contributed by atoms with E-state index in [1.54, 1.807) is 18.2 Å². The zero-order valence-electron chi connectivity index (χ0n) is 16.2. The molecule has 2 aliphatic rings. The minimum absolute atomic E-state index is 0.0249. The number of amides is 2. The number of fused-ring (bicyclic) bond motifs is 2. The van der Waals surface area contributed by atoms with Crippen LogP contribution < -0.4 is 4.90 Å². The van der Waals surface area contributed by atoms with Crippen molar-refractivity contribution in [2.45, 2.75) is 25.9 Å². The van der Waals surface area contributed by atoms with Gasteiger partial charge in [-0.3, -0.25) is 9.59 Å². The van der Waals surface area contributed by atoms with Crippen molar-refractivity contribution in [2.24, 2.45) is 0 Å². The predicted molar refractivity (Wildman–Crippen MR) is 107 cm³/mol. The summed E-state index contributed by atoms with van der Waals surface area (Å²) in [5.41, 5.74) is 3.41. The number of carbonyl (C=O) groups excluding carboxylic acids is 3. The van der Waals surface area contributed by atoms with Crippen molar-refractivity contribution in [3.05, 3.63) is 88.9 Å². The van der Waals surface area contributed by atoms with E-state index in [2.05, 4.69) is 24.0 Å². The topological polar surface area (TPSA) is 80.1 Å². The summed E-state index contributed by atoms with van der Waals surface area (Å²) in [6.07, 6.45) is 2.32. The Morgan fingerprint density at radius 1 is 1.03 bits per heavy atom. The van der Waals surface area contributed by atoms with Crippen LogP contribution in [0.5, 0.6) is 0 Å². The van der Waals surface area contributed by atoms with E-state index in [-0.39, 0.29) is 22.9 Å².